The second-order valence-electron chi connectivity index (χ2n) is 2.33. The number of pyridine rings is 1. The number of ether oxygens (including phenoxy) is 1. The molecule has 0 aliphatic heterocycles. The molecule has 0 saturated carbocycles. The number of hydrogen-bond acceptors (Lipinski definition) is 2. The Morgan fingerprint density at radius 2 is 2.25 bits per heavy atom. The van der Waals surface area contributed by atoms with E-state index in [0.717, 1.165) is 10.4 Å². The minimum Gasteiger partial charge on any atom is -0.618 e. The van der Waals surface area contributed by atoms with Crippen molar-refractivity contribution < 1.29 is 9.47 Å². The molecule has 0 saturated heterocycles. The molecule has 0 aliphatic carbocycles. The number of hydrogen-bond donors (Lipinski definition) is 0. The summed E-state index contributed by atoms with van der Waals surface area (Å²) in [4.78, 5) is 0. The molecule has 0 radical (unpaired) electrons. The van der Waals surface area contributed by atoms with Crippen molar-refractivity contribution in [2.75, 3.05) is 7.11 Å². The molecule has 12 heavy (non-hydrogen) atoms. The van der Waals surface area contributed by atoms with E-state index in [9.17, 15) is 5.21 Å². The van der Waals surface area contributed by atoms with E-state index >= 15 is 0 Å². The van der Waals surface area contributed by atoms with Crippen LogP contribution in [0.5, 0.6) is 5.75 Å². The number of nitrogens with zero attached hydrogens (tertiary/aromatic N) is 1. The van der Waals surface area contributed by atoms with Gasteiger partial charge in [-0.1, -0.05) is 6.92 Å². The first-order valence-corrected chi connectivity index (χ1v) is 4.45. The number of methoxy groups -OCH3 is 1. The summed E-state index contributed by atoms with van der Waals surface area (Å²) in [5.41, 5.74) is 0.725. The van der Waals surface area contributed by atoms with E-state index in [4.69, 9.17) is 4.74 Å². The maximum atomic E-state index is 11.4. The van der Waals surface area contributed by atoms with E-state index < -0.39 is 0 Å². The zero-order valence-corrected chi connectivity index (χ0v) is 8.59. The topological polar surface area (TPSA) is 36.2 Å². The summed E-state index contributed by atoms with van der Waals surface area (Å²) < 4.78 is 6.22. The van der Waals surface area contributed by atoms with Gasteiger partial charge in [0.25, 0.3) is 0 Å². The monoisotopic (exact) mass is 231 g/mol. The molecule has 66 valence electrons. The normalized spacial score (nSPS) is 9.92. The van der Waals surface area contributed by atoms with Crippen molar-refractivity contribution in [2.24, 2.45) is 0 Å². The summed E-state index contributed by atoms with van der Waals surface area (Å²) in [6, 6.07) is 3.54. The maximum absolute atomic E-state index is 11.4. The van der Waals surface area contributed by atoms with Gasteiger partial charge >= 0.3 is 4.60 Å². The van der Waals surface area contributed by atoms with Gasteiger partial charge in [0.1, 0.15) is 0 Å². The smallest absolute Gasteiger partial charge is 0.301 e. The van der Waals surface area contributed by atoms with Crippen LogP contribution < -0.4 is 9.47 Å². The minimum atomic E-state index is 0.435. The van der Waals surface area contributed by atoms with Crippen molar-refractivity contribution in [1.82, 2.24) is 0 Å². The molecular weight excluding hydrogens is 222 g/mol. The Labute approximate surface area is 79.7 Å². The fraction of sp³-hybridized carbons (Fsp3) is 0.375. The Hall–Kier alpha value is -0.770. The van der Waals surface area contributed by atoms with Crippen molar-refractivity contribution in [3.05, 3.63) is 27.6 Å². The molecule has 1 heterocycles. The summed E-state index contributed by atoms with van der Waals surface area (Å²) in [5.74, 6) is 0.558. The fourth-order valence-electron chi connectivity index (χ4n) is 0.948. The summed E-state index contributed by atoms with van der Waals surface area (Å²) in [5, 5.41) is 11.4. The molecule has 0 bridgehead atoms. The molecule has 0 amide bonds. The van der Waals surface area contributed by atoms with E-state index in [2.05, 4.69) is 15.9 Å². The van der Waals surface area contributed by atoms with Gasteiger partial charge in [0.15, 0.2) is 11.4 Å². The van der Waals surface area contributed by atoms with Gasteiger partial charge < -0.3 is 9.94 Å². The molecule has 0 fully saturated rings. The SMILES string of the molecule is CCc1ccc(OC)c(Br)[n+]1[O-]. The zero-order valence-electron chi connectivity index (χ0n) is 7.00. The van der Waals surface area contributed by atoms with Crippen molar-refractivity contribution in [3.63, 3.8) is 0 Å². The lowest BCUT2D eigenvalue weighted by Gasteiger charge is -2.07. The molecule has 1 aromatic heterocycles. The lowest BCUT2D eigenvalue weighted by Crippen LogP contribution is -2.33. The van der Waals surface area contributed by atoms with Crippen LogP contribution in [0, 0.1) is 5.21 Å². The van der Waals surface area contributed by atoms with E-state index in [1.165, 1.54) is 7.11 Å². The van der Waals surface area contributed by atoms with Crippen LogP contribution in [0.3, 0.4) is 0 Å². The summed E-state index contributed by atoms with van der Waals surface area (Å²) in [6.07, 6.45) is 0.714. The molecule has 0 aliphatic rings. The maximum Gasteiger partial charge on any atom is 0.301 e. The van der Waals surface area contributed by atoms with Crippen LogP contribution in [-0.4, -0.2) is 7.11 Å². The van der Waals surface area contributed by atoms with Gasteiger partial charge in [-0.25, -0.2) is 0 Å². The molecule has 4 heteroatoms. The van der Waals surface area contributed by atoms with Crippen LogP contribution >= 0.6 is 15.9 Å². The van der Waals surface area contributed by atoms with Gasteiger partial charge in [0.05, 0.1) is 7.11 Å². The molecule has 0 atom stereocenters. The summed E-state index contributed by atoms with van der Waals surface area (Å²) >= 11 is 3.16. The summed E-state index contributed by atoms with van der Waals surface area (Å²) in [7, 11) is 1.53. The molecule has 1 aromatic rings. The first kappa shape index (κ1) is 9.32. The Morgan fingerprint density at radius 1 is 1.58 bits per heavy atom. The highest BCUT2D eigenvalue weighted by molar-refractivity contribution is 9.10. The average Bonchev–Trinajstić information content (AvgIpc) is 2.10. The van der Waals surface area contributed by atoms with Crippen LogP contribution in [0.25, 0.3) is 0 Å². The van der Waals surface area contributed by atoms with Gasteiger partial charge in [-0.15, -0.1) is 0 Å². The van der Waals surface area contributed by atoms with E-state index in [1.807, 2.05) is 6.92 Å². The average molecular weight is 232 g/mol. The van der Waals surface area contributed by atoms with Gasteiger partial charge in [-0.2, -0.15) is 4.73 Å². The third-order valence-corrected chi connectivity index (χ3v) is 2.36. The van der Waals surface area contributed by atoms with Gasteiger partial charge in [0.2, 0.25) is 0 Å². The van der Waals surface area contributed by atoms with Crippen molar-refractivity contribution >= 4 is 15.9 Å². The highest BCUT2D eigenvalue weighted by atomic mass is 79.9. The van der Waals surface area contributed by atoms with Crippen LogP contribution in [-0.2, 0) is 6.42 Å². The number of rotatable bonds is 2. The van der Waals surface area contributed by atoms with E-state index in [1.54, 1.807) is 12.1 Å². The lowest BCUT2D eigenvalue weighted by atomic mass is 10.3. The predicted molar refractivity (Wildman–Crippen MR) is 49.0 cm³/mol. The molecular formula is C8H10BrNO2. The van der Waals surface area contributed by atoms with E-state index in [0.29, 0.717) is 16.8 Å². The zero-order chi connectivity index (χ0) is 9.14. The number of aromatic nitrogens is 1. The molecule has 0 N–H and O–H groups in total. The van der Waals surface area contributed by atoms with Gasteiger partial charge in [0, 0.05) is 28.4 Å². The minimum absolute atomic E-state index is 0.435. The number of halogens is 1. The quantitative estimate of drug-likeness (QED) is 0.441. The second kappa shape index (κ2) is 3.76. The van der Waals surface area contributed by atoms with Crippen LogP contribution in [0.2, 0.25) is 0 Å². The Balaban J connectivity index is 3.20. The van der Waals surface area contributed by atoms with Gasteiger partial charge in [-0.3, -0.25) is 0 Å². The molecule has 0 spiro atoms. The predicted octanol–water partition coefficient (Wildman–Crippen LogP) is 1.65. The number of aryl methyl sites for hydroxylation is 1. The molecule has 0 unspecified atom stereocenters. The van der Waals surface area contributed by atoms with Crippen LogP contribution in [0.4, 0.5) is 0 Å². The first-order valence-electron chi connectivity index (χ1n) is 3.65. The van der Waals surface area contributed by atoms with Crippen LogP contribution in [0.15, 0.2) is 16.7 Å². The molecule has 1 rings (SSSR count). The highest BCUT2D eigenvalue weighted by Gasteiger charge is 2.12. The van der Waals surface area contributed by atoms with Crippen LogP contribution in [0.1, 0.15) is 12.6 Å². The third kappa shape index (κ3) is 1.53. The van der Waals surface area contributed by atoms with Crippen molar-refractivity contribution in [3.8, 4) is 5.75 Å². The standard InChI is InChI=1S/C8H10BrNO2/c1-3-6-4-5-7(12-2)8(9)10(6)11/h4-5H,3H2,1-2H3. The highest BCUT2D eigenvalue weighted by Crippen LogP contribution is 2.20. The summed E-state index contributed by atoms with van der Waals surface area (Å²) in [6.45, 7) is 1.93. The second-order valence-corrected chi connectivity index (χ2v) is 3.08. The third-order valence-electron chi connectivity index (χ3n) is 1.65. The van der Waals surface area contributed by atoms with Gasteiger partial charge in [-0.05, 0) is 6.07 Å². The Bertz CT molecular complexity index is 260. The van der Waals surface area contributed by atoms with Crippen molar-refractivity contribution in [1.29, 1.82) is 0 Å². The molecule has 0 aromatic carbocycles. The largest absolute Gasteiger partial charge is 0.618 e. The fourth-order valence-corrected chi connectivity index (χ4v) is 1.47. The Kier molecular flexibility index (Phi) is 2.92. The first-order chi connectivity index (χ1) is 5.70. The van der Waals surface area contributed by atoms with E-state index in [-0.39, 0.29) is 0 Å². The lowest BCUT2D eigenvalue weighted by molar-refractivity contribution is -0.625. The van der Waals surface area contributed by atoms with Crippen molar-refractivity contribution in [2.45, 2.75) is 13.3 Å². The Morgan fingerprint density at radius 3 is 2.75 bits per heavy atom. The molecule has 3 nitrogen and oxygen atoms in total.